The lowest BCUT2D eigenvalue weighted by atomic mass is 10.0. The molecule has 0 aliphatic heterocycles. The van der Waals surface area contributed by atoms with E-state index in [0.717, 1.165) is 21.5 Å². The van der Waals surface area contributed by atoms with Crippen LogP contribution in [0.5, 0.6) is 5.75 Å². The normalized spacial score (nSPS) is 10.9. The van der Waals surface area contributed by atoms with E-state index in [1.807, 2.05) is 66.7 Å². The Hall–Kier alpha value is -5.30. The molecule has 0 fully saturated rings. The minimum Gasteiger partial charge on any atom is -0.423 e. The Balaban J connectivity index is 1.13. The maximum absolute atomic E-state index is 12.7. The zero-order chi connectivity index (χ0) is 26.3. The van der Waals surface area contributed by atoms with E-state index in [-0.39, 0.29) is 12.5 Å². The number of hydrogen-bond acceptors (Lipinski definition) is 5. The average Bonchev–Trinajstić information content (AvgIpc) is 2.96. The van der Waals surface area contributed by atoms with E-state index in [9.17, 15) is 14.4 Å². The second-order valence-electron chi connectivity index (χ2n) is 8.49. The highest BCUT2D eigenvalue weighted by molar-refractivity contribution is 6.08. The van der Waals surface area contributed by atoms with E-state index in [1.165, 1.54) is 6.21 Å². The molecule has 186 valence electrons. The van der Waals surface area contributed by atoms with Gasteiger partial charge in [0.2, 0.25) is 0 Å². The fourth-order valence-electron chi connectivity index (χ4n) is 4.08. The fraction of sp³-hybridized carbons (Fsp3) is 0.0323. The number of benzene rings is 5. The first-order chi connectivity index (χ1) is 18.6. The van der Waals surface area contributed by atoms with Crippen LogP contribution in [-0.4, -0.2) is 30.5 Å². The summed E-state index contributed by atoms with van der Waals surface area (Å²) in [4.78, 5) is 37.4. The lowest BCUT2D eigenvalue weighted by Gasteiger charge is -2.08. The molecule has 0 saturated carbocycles. The first-order valence-electron chi connectivity index (χ1n) is 12.0. The Kier molecular flexibility index (Phi) is 7.18. The molecule has 0 aliphatic rings. The van der Waals surface area contributed by atoms with Gasteiger partial charge in [-0.1, -0.05) is 72.8 Å². The van der Waals surface area contributed by atoms with Crippen LogP contribution in [0, 0.1) is 0 Å². The van der Waals surface area contributed by atoms with E-state index in [0.29, 0.717) is 22.4 Å². The quantitative estimate of drug-likeness (QED) is 0.140. The largest absolute Gasteiger partial charge is 0.423 e. The molecule has 0 saturated heterocycles. The Morgan fingerprint density at radius 2 is 1.26 bits per heavy atom. The molecule has 7 nitrogen and oxygen atoms in total. The van der Waals surface area contributed by atoms with Gasteiger partial charge in [-0.3, -0.25) is 9.59 Å². The number of amides is 2. The van der Waals surface area contributed by atoms with E-state index in [4.69, 9.17) is 4.74 Å². The standard InChI is InChI=1S/C31H23N3O4/c35-29(20-32-30(36)27-13-5-9-22-7-1-3-11-25(22)27)34-33-19-21-15-17-24(18-16-21)38-31(37)28-14-6-10-23-8-2-4-12-26(23)28/h1-19H,20H2,(H,32,36)(H,34,35). The molecular weight excluding hydrogens is 478 g/mol. The Labute approximate surface area is 218 Å². The molecule has 0 heterocycles. The van der Waals surface area contributed by atoms with Gasteiger partial charge in [0.1, 0.15) is 5.75 Å². The Morgan fingerprint density at radius 1 is 0.684 bits per heavy atom. The van der Waals surface area contributed by atoms with Crippen LogP contribution in [0.2, 0.25) is 0 Å². The number of nitrogens with one attached hydrogen (secondary N) is 2. The lowest BCUT2D eigenvalue weighted by molar-refractivity contribution is -0.120. The first-order valence-corrected chi connectivity index (χ1v) is 12.0. The van der Waals surface area contributed by atoms with Crippen molar-refractivity contribution in [1.29, 1.82) is 0 Å². The minimum atomic E-state index is -0.463. The maximum atomic E-state index is 12.7. The average molecular weight is 502 g/mol. The second kappa shape index (κ2) is 11.2. The molecule has 0 radical (unpaired) electrons. The van der Waals surface area contributed by atoms with Gasteiger partial charge in [-0.25, -0.2) is 10.2 Å². The van der Waals surface area contributed by atoms with Gasteiger partial charge in [0.15, 0.2) is 0 Å². The number of esters is 1. The summed E-state index contributed by atoms with van der Waals surface area (Å²) in [6.07, 6.45) is 1.46. The van der Waals surface area contributed by atoms with Gasteiger partial charge in [0.25, 0.3) is 11.8 Å². The van der Waals surface area contributed by atoms with E-state index < -0.39 is 11.9 Å². The summed E-state index contributed by atoms with van der Waals surface area (Å²) in [5.74, 6) is -0.855. The van der Waals surface area contributed by atoms with Crippen molar-refractivity contribution < 1.29 is 19.1 Å². The van der Waals surface area contributed by atoms with Crippen molar-refractivity contribution in [2.75, 3.05) is 6.54 Å². The van der Waals surface area contributed by atoms with Crippen LogP contribution < -0.4 is 15.5 Å². The van der Waals surface area contributed by atoms with Gasteiger partial charge in [0.05, 0.1) is 18.3 Å². The molecule has 2 amide bonds. The lowest BCUT2D eigenvalue weighted by Crippen LogP contribution is -2.35. The summed E-state index contributed by atoms with van der Waals surface area (Å²) >= 11 is 0. The van der Waals surface area contributed by atoms with E-state index in [1.54, 1.807) is 42.5 Å². The summed E-state index contributed by atoms with van der Waals surface area (Å²) in [5, 5.41) is 10.1. The monoisotopic (exact) mass is 501 g/mol. The van der Waals surface area contributed by atoms with Crippen LogP contribution in [-0.2, 0) is 4.79 Å². The molecule has 5 rings (SSSR count). The number of hydrogen-bond donors (Lipinski definition) is 2. The number of nitrogens with zero attached hydrogens (tertiary/aromatic N) is 1. The van der Waals surface area contributed by atoms with Crippen molar-refractivity contribution in [3.63, 3.8) is 0 Å². The number of fused-ring (bicyclic) bond motifs is 2. The number of rotatable bonds is 7. The molecule has 0 unspecified atom stereocenters. The second-order valence-corrected chi connectivity index (χ2v) is 8.49. The smallest absolute Gasteiger partial charge is 0.344 e. The number of carbonyl (C=O) groups is 3. The van der Waals surface area contributed by atoms with Gasteiger partial charge in [0, 0.05) is 5.56 Å². The van der Waals surface area contributed by atoms with Crippen molar-refractivity contribution in [3.8, 4) is 5.75 Å². The van der Waals surface area contributed by atoms with Crippen LogP contribution in [0.15, 0.2) is 114 Å². The van der Waals surface area contributed by atoms with Crippen molar-refractivity contribution in [2.45, 2.75) is 0 Å². The van der Waals surface area contributed by atoms with Gasteiger partial charge >= 0.3 is 5.97 Å². The summed E-state index contributed by atoms with van der Waals surface area (Å²) in [6, 6.07) is 32.9. The highest BCUT2D eigenvalue weighted by atomic mass is 16.5. The predicted octanol–water partition coefficient (Wildman–Crippen LogP) is 5.09. The molecule has 5 aromatic rings. The molecule has 5 aromatic carbocycles. The third-order valence-corrected chi connectivity index (χ3v) is 5.95. The minimum absolute atomic E-state index is 0.220. The SMILES string of the molecule is O=C(CNC(=O)c1cccc2ccccc12)NN=Cc1ccc(OC(=O)c2cccc3ccccc23)cc1. The topological polar surface area (TPSA) is 96.9 Å². The van der Waals surface area contributed by atoms with Gasteiger partial charge < -0.3 is 10.1 Å². The number of hydrazone groups is 1. The molecule has 2 N–H and O–H groups in total. The van der Waals surface area contributed by atoms with Gasteiger partial charge in [-0.15, -0.1) is 0 Å². The zero-order valence-corrected chi connectivity index (χ0v) is 20.3. The van der Waals surface area contributed by atoms with E-state index >= 15 is 0 Å². The molecule has 7 heteroatoms. The number of ether oxygens (including phenoxy) is 1. The molecule has 0 aliphatic carbocycles. The highest BCUT2D eigenvalue weighted by Gasteiger charge is 2.13. The van der Waals surface area contributed by atoms with Crippen LogP contribution in [0.3, 0.4) is 0 Å². The highest BCUT2D eigenvalue weighted by Crippen LogP contribution is 2.21. The van der Waals surface area contributed by atoms with Gasteiger partial charge in [-0.05, 0) is 63.5 Å². The molecule has 0 atom stereocenters. The fourth-order valence-corrected chi connectivity index (χ4v) is 4.08. The molecule has 0 spiro atoms. The summed E-state index contributed by atoms with van der Waals surface area (Å²) in [7, 11) is 0. The third kappa shape index (κ3) is 5.57. The third-order valence-electron chi connectivity index (χ3n) is 5.95. The van der Waals surface area contributed by atoms with Crippen LogP contribution in [0.1, 0.15) is 26.3 Å². The molecule has 0 aromatic heterocycles. The van der Waals surface area contributed by atoms with Crippen LogP contribution in [0.4, 0.5) is 0 Å². The van der Waals surface area contributed by atoms with Crippen molar-refractivity contribution >= 4 is 45.5 Å². The van der Waals surface area contributed by atoms with Crippen LogP contribution >= 0.6 is 0 Å². The Morgan fingerprint density at radius 3 is 1.95 bits per heavy atom. The molecular formula is C31H23N3O4. The predicted molar refractivity (Wildman–Crippen MR) is 147 cm³/mol. The van der Waals surface area contributed by atoms with Crippen LogP contribution in [0.25, 0.3) is 21.5 Å². The van der Waals surface area contributed by atoms with Gasteiger partial charge in [-0.2, -0.15) is 5.10 Å². The number of carbonyl (C=O) groups excluding carboxylic acids is 3. The van der Waals surface area contributed by atoms with Crippen molar-refractivity contribution in [2.24, 2.45) is 5.10 Å². The van der Waals surface area contributed by atoms with E-state index in [2.05, 4.69) is 15.8 Å². The van der Waals surface area contributed by atoms with Crippen molar-refractivity contribution in [3.05, 3.63) is 126 Å². The first kappa shape index (κ1) is 24.4. The summed E-state index contributed by atoms with van der Waals surface area (Å²) in [6.45, 7) is -0.220. The summed E-state index contributed by atoms with van der Waals surface area (Å²) in [5.41, 5.74) is 4.07. The molecule has 0 bridgehead atoms. The molecule has 38 heavy (non-hydrogen) atoms. The summed E-state index contributed by atoms with van der Waals surface area (Å²) < 4.78 is 5.53. The Bertz CT molecular complexity index is 1670. The van der Waals surface area contributed by atoms with Crippen molar-refractivity contribution in [1.82, 2.24) is 10.7 Å². The maximum Gasteiger partial charge on any atom is 0.344 e. The zero-order valence-electron chi connectivity index (χ0n) is 20.3.